The van der Waals surface area contributed by atoms with Crippen LogP contribution < -0.4 is 4.90 Å². The summed E-state index contributed by atoms with van der Waals surface area (Å²) in [4.78, 5) is 39.7. The highest BCUT2D eigenvalue weighted by Gasteiger charge is 2.24. The van der Waals surface area contributed by atoms with E-state index in [1.807, 2.05) is 25.3 Å². The Labute approximate surface area is 193 Å². The maximum atomic E-state index is 12.8. The van der Waals surface area contributed by atoms with Gasteiger partial charge in [-0.1, -0.05) is 0 Å². The first-order chi connectivity index (χ1) is 15.8. The summed E-state index contributed by atoms with van der Waals surface area (Å²) in [5, 5.41) is 10.8. The van der Waals surface area contributed by atoms with Crippen LogP contribution in [0.1, 0.15) is 41.2 Å². The Kier molecular flexibility index (Phi) is 7.52. The average Bonchev–Trinajstić information content (AvgIpc) is 3.06. The summed E-state index contributed by atoms with van der Waals surface area (Å²) < 4.78 is 7.28. The topological polar surface area (TPSA) is 97.9 Å². The number of aromatic nitrogens is 1. The molecule has 0 radical (unpaired) electrons. The van der Waals surface area contributed by atoms with Crippen molar-refractivity contribution < 1.29 is 19.2 Å². The highest BCUT2D eigenvalue weighted by molar-refractivity contribution is 5.99. The number of hydrogen-bond donors (Lipinski definition) is 0. The first-order valence-corrected chi connectivity index (χ1v) is 11.1. The Morgan fingerprint density at radius 3 is 2.24 bits per heavy atom. The monoisotopic (exact) mass is 454 g/mol. The van der Waals surface area contributed by atoms with Gasteiger partial charge in [-0.25, -0.2) is 4.79 Å². The van der Waals surface area contributed by atoms with Gasteiger partial charge in [0.05, 0.1) is 17.1 Å². The number of nitro groups is 1. The number of amides is 1. The lowest BCUT2D eigenvalue weighted by atomic mass is 10.1. The molecule has 0 bridgehead atoms. The second kappa shape index (κ2) is 10.3. The number of nitrogens with zero attached hydrogens (tertiary/aromatic N) is 4. The number of carbonyl (C=O) groups is 2. The molecule has 176 valence electrons. The predicted octanol–water partition coefficient (Wildman–Crippen LogP) is 3.57. The molecule has 1 aromatic heterocycles. The lowest BCUT2D eigenvalue weighted by Crippen LogP contribution is -2.48. The smallest absolute Gasteiger partial charge is 0.340 e. The van der Waals surface area contributed by atoms with Crippen molar-refractivity contribution >= 4 is 29.3 Å². The summed E-state index contributed by atoms with van der Waals surface area (Å²) in [6.07, 6.45) is 3.23. The van der Waals surface area contributed by atoms with Crippen LogP contribution in [0.3, 0.4) is 0 Å². The van der Waals surface area contributed by atoms with E-state index in [0.717, 1.165) is 23.6 Å². The van der Waals surface area contributed by atoms with E-state index in [-0.39, 0.29) is 24.2 Å². The van der Waals surface area contributed by atoms with E-state index in [2.05, 4.69) is 4.90 Å². The maximum absolute atomic E-state index is 12.8. The first kappa shape index (κ1) is 24.0. The summed E-state index contributed by atoms with van der Waals surface area (Å²) in [6.45, 7) is 11.0. The van der Waals surface area contributed by atoms with Gasteiger partial charge >= 0.3 is 5.97 Å². The van der Waals surface area contributed by atoms with Gasteiger partial charge in [0.1, 0.15) is 0 Å². The molecule has 2 heterocycles. The SMILES string of the molecule is CCOC(=O)c1c(/C=C/C(=O)N2CCN(c3ccc([N+](=O)[O-])cc3)CC2)c(C)n(CC)c1C. The quantitative estimate of drug-likeness (QED) is 0.275. The number of carbonyl (C=O) groups excluding carboxylic acids is 2. The molecule has 0 atom stereocenters. The number of nitro benzene ring substituents is 1. The van der Waals surface area contributed by atoms with E-state index in [1.165, 1.54) is 18.2 Å². The van der Waals surface area contributed by atoms with Crippen molar-refractivity contribution in [3.63, 3.8) is 0 Å². The molecule has 0 unspecified atom stereocenters. The third-order valence-electron chi connectivity index (χ3n) is 6.04. The van der Waals surface area contributed by atoms with Crippen LogP contribution in [0.25, 0.3) is 6.08 Å². The minimum absolute atomic E-state index is 0.0577. The molecule has 1 saturated heterocycles. The van der Waals surface area contributed by atoms with Gasteiger partial charge in [-0.05, 0) is 45.9 Å². The van der Waals surface area contributed by atoms with Gasteiger partial charge in [0.15, 0.2) is 0 Å². The van der Waals surface area contributed by atoms with Crippen LogP contribution in [-0.4, -0.2) is 59.1 Å². The van der Waals surface area contributed by atoms with Crippen molar-refractivity contribution in [3.05, 3.63) is 63.0 Å². The third kappa shape index (κ3) is 5.08. The van der Waals surface area contributed by atoms with Crippen molar-refractivity contribution in [2.24, 2.45) is 0 Å². The second-order valence-corrected chi connectivity index (χ2v) is 7.84. The molecule has 3 rings (SSSR count). The largest absolute Gasteiger partial charge is 0.462 e. The van der Waals surface area contributed by atoms with E-state index in [4.69, 9.17) is 4.74 Å². The standard InChI is InChI=1S/C24H30N4O5/c1-5-27-17(3)21(23(18(27)4)24(30)33-6-2)11-12-22(29)26-15-13-25(14-16-26)19-7-9-20(10-8-19)28(31)32/h7-12H,5-6,13-16H2,1-4H3/b12-11+. The molecule has 9 heteroatoms. The molecule has 9 nitrogen and oxygen atoms in total. The summed E-state index contributed by atoms with van der Waals surface area (Å²) in [6, 6.07) is 6.44. The Bertz CT molecular complexity index is 1060. The molecule has 2 aromatic rings. The van der Waals surface area contributed by atoms with Crippen LogP contribution in [-0.2, 0) is 16.1 Å². The highest BCUT2D eigenvalue weighted by atomic mass is 16.6. The zero-order chi connectivity index (χ0) is 24.1. The van der Waals surface area contributed by atoms with Crippen molar-refractivity contribution in [1.82, 2.24) is 9.47 Å². The van der Waals surface area contributed by atoms with Crippen LogP contribution in [0, 0.1) is 24.0 Å². The maximum Gasteiger partial charge on any atom is 0.340 e. The molecule has 1 aliphatic heterocycles. The van der Waals surface area contributed by atoms with Crippen molar-refractivity contribution in [1.29, 1.82) is 0 Å². The van der Waals surface area contributed by atoms with E-state index >= 15 is 0 Å². The lowest BCUT2D eigenvalue weighted by Gasteiger charge is -2.35. The minimum atomic E-state index is -0.419. The Hall–Kier alpha value is -3.62. The Morgan fingerprint density at radius 2 is 1.70 bits per heavy atom. The number of ether oxygens (including phenoxy) is 1. The first-order valence-electron chi connectivity index (χ1n) is 11.1. The second-order valence-electron chi connectivity index (χ2n) is 7.84. The summed E-state index contributed by atoms with van der Waals surface area (Å²) >= 11 is 0. The molecule has 1 aliphatic rings. The Balaban J connectivity index is 1.69. The molecular formula is C24H30N4O5. The van der Waals surface area contributed by atoms with Gasteiger partial charge in [0, 0.05) is 73.6 Å². The number of piperazine rings is 1. The fourth-order valence-corrected chi connectivity index (χ4v) is 4.28. The van der Waals surface area contributed by atoms with E-state index < -0.39 is 4.92 Å². The number of rotatable bonds is 7. The number of benzene rings is 1. The molecule has 0 spiro atoms. The lowest BCUT2D eigenvalue weighted by molar-refractivity contribution is -0.384. The van der Waals surface area contributed by atoms with E-state index in [1.54, 1.807) is 30.0 Å². The van der Waals surface area contributed by atoms with Gasteiger partial charge in [0.25, 0.3) is 5.69 Å². The van der Waals surface area contributed by atoms with Gasteiger partial charge < -0.3 is 19.1 Å². The van der Waals surface area contributed by atoms with Crippen LogP contribution in [0.2, 0.25) is 0 Å². The summed E-state index contributed by atoms with van der Waals surface area (Å²) in [7, 11) is 0. The molecule has 1 fully saturated rings. The van der Waals surface area contributed by atoms with Crippen LogP contribution in [0.4, 0.5) is 11.4 Å². The normalized spacial score (nSPS) is 14.1. The van der Waals surface area contributed by atoms with Gasteiger partial charge in [-0.3, -0.25) is 14.9 Å². The predicted molar refractivity (Wildman–Crippen MR) is 126 cm³/mol. The fraction of sp³-hybridized carbons (Fsp3) is 0.417. The zero-order valence-corrected chi connectivity index (χ0v) is 19.5. The molecule has 33 heavy (non-hydrogen) atoms. The number of non-ortho nitro benzene ring substituents is 1. The van der Waals surface area contributed by atoms with Gasteiger partial charge in [0.2, 0.25) is 5.91 Å². The molecule has 0 aliphatic carbocycles. The Morgan fingerprint density at radius 1 is 1.06 bits per heavy atom. The number of esters is 1. The van der Waals surface area contributed by atoms with E-state index in [0.29, 0.717) is 37.3 Å². The fourth-order valence-electron chi connectivity index (χ4n) is 4.28. The molecular weight excluding hydrogens is 424 g/mol. The number of anilines is 1. The highest BCUT2D eigenvalue weighted by Crippen LogP contribution is 2.25. The molecule has 0 N–H and O–H groups in total. The number of hydrogen-bond acceptors (Lipinski definition) is 6. The van der Waals surface area contributed by atoms with Crippen LogP contribution >= 0.6 is 0 Å². The van der Waals surface area contributed by atoms with Crippen molar-refractivity contribution in [2.75, 3.05) is 37.7 Å². The van der Waals surface area contributed by atoms with Gasteiger partial charge in [-0.15, -0.1) is 0 Å². The molecule has 1 aromatic carbocycles. The minimum Gasteiger partial charge on any atom is -0.462 e. The summed E-state index contributed by atoms with van der Waals surface area (Å²) in [5.74, 6) is -0.497. The molecule has 0 saturated carbocycles. The van der Waals surface area contributed by atoms with Crippen LogP contribution in [0.15, 0.2) is 30.3 Å². The summed E-state index contributed by atoms with van der Waals surface area (Å²) in [5.41, 5.74) is 3.92. The van der Waals surface area contributed by atoms with E-state index in [9.17, 15) is 19.7 Å². The zero-order valence-electron chi connectivity index (χ0n) is 19.5. The average molecular weight is 455 g/mol. The van der Waals surface area contributed by atoms with Crippen LogP contribution in [0.5, 0.6) is 0 Å². The van der Waals surface area contributed by atoms with Gasteiger partial charge in [-0.2, -0.15) is 0 Å². The molecule has 1 amide bonds. The third-order valence-corrected chi connectivity index (χ3v) is 6.04. The van der Waals surface area contributed by atoms with Crippen molar-refractivity contribution in [2.45, 2.75) is 34.2 Å². The van der Waals surface area contributed by atoms with Crippen molar-refractivity contribution in [3.8, 4) is 0 Å².